The van der Waals surface area contributed by atoms with Crippen molar-refractivity contribution in [1.29, 1.82) is 0 Å². The minimum atomic E-state index is -6.27. The molecule has 224 valence electrons. The Labute approximate surface area is 211 Å². The second-order valence-corrected chi connectivity index (χ2v) is 23.4. The smallest absolute Gasteiger partial charge is 0.390 e. The third-order valence-corrected chi connectivity index (χ3v) is 19.6. The van der Waals surface area contributed by atoms with E-state index in [1.54, 1.807) is 0 Å². The fraction of sp³-hybridized carbons (Fsp3) is 1.00. The first-order valence-electron chi connectivity index (χ1n) is 8.01. The van der Waals surface area contributed by atoms with E-state index in [-0.39, 0.29) is 0 Å². The fourth-order valence-electron chi connectivity index (χ4n) is 1.64. The van der Waals surface area contributed by atoms with Crippen molar-refractivity contribution in [2.75, 3.05) is 0 Å². The molecule has 1 aliphatic heterocycles. The van der Waals surface area contributed by atoms with E-state index >= 15 is 0 Å². The molecule has 2 atom stereocenters. The predicted octanol–water partition coefficient (Wildman–Crippen LogP) is -14.0. The molecule has 27 nitrogen and oxygen atoms in total. The molecule has 0 aromatic heterocycles. The highest BCUT2D eigenvalue weighted by Gasteiger charge is 2.73. The molecule has 1 aliphatic rings. The highest BCUT2D eigenvalue weighted by atomic mass is 28.6. The lowest BCUT2D eigenvalue weighted by Gasteiger charge is -2.39. The molecule has 0 saturated carbocycles. The van der Waals surface area contributed by atoms with Crippen LogP contribution in [0.1, 0.15) is 0 Å². The first kappa shape index (κ1) is 37.9. The molecular weight excluding hydrogens is 697 g/mol. The van der Waals surface area contributed by atoms with Crippen molar-refractivity contribution in [3.63, 3.8) is 0 Å². The summed E-state index contributed by atoms with van der Waals surface area (Å²) < 4.78 is 30.6. The van der Waals surface area contributed by atoms with Crippen LogP contribution in [0.4, 0.5) is 0 Å². The molecule has 0 aromatic carbocycles. The third-order valence-electron chi connectivity index (χ3n) is 2.18. The molecule has 36 heteroatoms. The van der Waals surface area contributed by atoms with E-state index in [4.69, 9.17) is 52.8 Å². The van der Waals surface area contributed by atoms with Crippen LogP contribution in [0.2, 0.25) is 6.55 Å². The van der Waals surface area contributed by atoms with Gasteiger partial charge in [-0.3, -0.25) is 0 Å². The van der Waals surface area contributed by atoms with Gasteiger partial charge in [0.15, 0.2) is 0 Å². The van der Waals surface area contributed by atoms with Gasteiger partial charge in [-0.2, -0.15) is 0 Å². The molecule has 1 saturated heterocycles. The third kappa shape index (κ3) is 18.8. The Hall–Kier alpha value is 0.872. The zero-order valence-electron chi connectivity index (χ0n) is 17.3. The zero-order chi connectivity index (χ0) is 30.2. The summed E-state index contributed by atoms with van der Waals surface area (Å²) in [6, 6.07) is 0. The number of hydrogen-bond acceptors (Lipinski definition) is 27. The second-order valence-electron chi connectivity index (χ2n) is 6.17. The van der Waals surface area contributed by atoms with Gasteiger partial charge in [-0.05, 0) is 0 Å². The predicted molar refractivity (Wildman–Crippen MR) is 108 cm³/mol. The van der Waals surface area contributed by atoms with Gasteiger partial charge < -0.3 is 124 Å². The van der Waals surface area contributed by atoms with Crippen LogP contribution in [0.5, 0.6) is 0 Å². The normalized spacial score (nSPS) is 27.6. The van der Waals surface area contributed by atoms with Crippen molar-refractivity contribution >= 4 is 81.2 Å². The molecule has 0 spiro atoms. The van der Waals surface area contributed by atoms with Crippen LogP contribution in [0.15, 0.2) is 0 Å². The molecular formula is CH22O27Si9. The number of hydrogen-bond donors (Lipinski definition) is 19. The molecule has 0 aromatic rings. The summed E-state index contributed by atoms with van der Waals surface area (Å²) >= 11 is 0. The molecule has 0 aliphatic carbocycles. The Morgan fingerprint density at radius 1 is 0.459 bits per heavy atom. The van der Waals surface area contributed by atoms with Gasteiger partial charge in [0.1, 0.15) is 0 Å². The second kappa shape index (κ2) is 12.0. The van der Waals surface area contributed by atoms with Crippen LogP contribution in [-0.2, 0) is 32.9 Å². The summed E-state index contributed by atoms with van der Waals surface area (Å²) in [6.07, 6.45) is 0. The van der Waals surface area contributed by atoms with E-state index in [1.807, 2.05) is 0 Å². The summed E-state index contributed by atoms with van der Waals surface area (Å²) in [6.45, 7) is 0.872. The summed E-state index contributed by atoms with van der Waals surface area (Å²) in [5.74, 6) is 0. The minimum absolute atomic E-state index is 0.872. The molecule has 1 rings (SSSR count). The lowest BCUT2D eigenvalue weighted by molar-refractivity contribution is -0.0627. The first-order valence-corrected chi connectivity index (χ1v) is 24.0. The molecule has 19 N–H and O–H groups in total. The number of rotatable bonds is 8. The van der Waals surface area contributed by atoms with Crippen LogP contribution in [0.25, 0.3) is 0 Å². The quantitative estimate of drug-likeness (QED) is 0.104. The molecule has 1 fully saturated rings. The van der Waals surface area contributed by atoms with Gasteiger partial charge >= 0.3 is 81.2 Å². The molecule has 2 unspecified atom stereocenters. The summed E-state index contributed by atoms with van der Waals surface area (Å²) in [5.41, 5.74) is 0. The maximum absolute atomic E-state index is 10.00. The average molecular weight is 719 g/mol. The highest BCUT2D eigenvalue weighted by Crippen LogP contribution is 2.28. The van der Waals surface area contributed by atoms with Crippen molar-refractivity contribution in [3.05, 3.63) is 0 Å². The van der Waals surface area contributed by atoms with E-state index in [1.165, 1.54) is 0 Å². The van der Waals surface area contributed by atoms with Crippen molar-refractivity contribution in [2.24, 2.45) is 0 Å². The van der Waals surface area contributed by atoms with Crippen molar-refractivity contribution < 1.29 is 124 Å². The summed E-state index contributed by atoms with van der Waals surface area (Å²) in [5, 5.41) is 0. The Morgan fingerprint density at radius 3 is 1.08 bits per heavy atom. The van der Waals surface area contributed by atoms with Gasteiger partial charge in [0.2, 0.25) is 0 Å². The minimum Gasteiger partial charge on any atom is -0.390 e. The van der Waals surface area contributed by atoms with Gasteiger partial charge in [-0.25, -0.2) is 0 Å². The van der Waals surface area contributed by atoms with Crippen molar-refractivity contribution in [2.45, 2.75) is 6.55 Å². The Bertz CT molecular complexity index is 712. The zero-order valence-corrected chi connectivity index (χ0v) is 26.3. The van der Waals surface area contributed by atoms with Gasteiger partial charge in [0.05, 0.1) is 0 Å². The Morgan fingerprint density at radius 2 is 0.811 bits per heavy atom. The maximum Gasteiger partial charge on any atom is 0.665 e. The Balaban J connectivity index is 0.00000122. The SMILES string of the molecule is C[Si](O)(O)O[Si](O)(O)O.O[Si](O)(O)O[Si](O)(O)O[Si]1(O)O[Si](O)(O)O[Si](O)(O)O[Si](O)(O[Si](O)(O)O)O1. The van der Waals surface area contributed by atoms with Gasteiger partial charge in [-0.15, -0.1) is 0 Å². The van der Waals surface area contributed by atoms with Crippen molar-refractivity contribution in [1.82, 2.24) is 0 Å². The van der Waals surface area contributed by atoms with Crippen LogP contribution >= 0.6 is 0 Å². The van der Waals surface area contributed by atoms with E-state index < -0.39 is 81.2 Å². The standard InChI is InChI=1S/CH8O6Si2.H14O21Si7/c1-8(2,3)7-9(4,5)6;1-22(2,3)15-24(7,8)18-28(14)20-26(11,12)17-25(9,10)19-27(13,21-28)16-23(4,5)6/h2-6H,1H3;1-14H. The fourth-order valence-corrected chi connectivity index (χ4v) is 18.1. The maximum atomic E-state index is 10.00. The van der Waals surface area contributed by atoms with Crippen LogP contribution < -0.4 is 0 Å². The van der Waals surface area contributed by atoms with E-state index in [0.717, 1.165) is 6.55 Å². The topological polar surface area (TPSA) is 458 Å². The Kier molecular flexibility index (Phi) is 12.3. The lowest BCUT2D eigenvalue weighted by atomic mass is 11.9. The van der Waals surface area contributed by atoms with Crippen LogP contribution in [-0.4, -0.2) is 172 Å². The highest BCUT2D eigenvalue weighted by molar-refractivity contribution is 6.85. The molecule has 1 heterocycles. The van der Waals surface area contributed by atoms with Gasteiger partial charge in [0.25, 0.3) is 0 Å². The van der Waals surface area contributed by atoms with Crippen LogP contribution in [0, 0.1) is 0 Å². The van der Waals surface area contributed by atoms with Crippen LogP contribution in [0.3, 0.4) is 0 Å². The van der Waals surface area contributed by atoms with E-state index in [0.29, 0.717) is 0 Å². The molecule has 37 heavy (non-hydrogen) atoms. The lowest BCUT2D eigenvalue weighted by Crippen LogP contribution is -2.76. The summed E-state index contributed by atoms with van der Waals surface area (Å²) in [4.78, 5) is 170. The molecule has 0 radical (unpaired) electrons. The summed E-state index contributed by atoms with van der Waals surface area (Å²) in [7, 11) is -50.8. The monoisotopic (exact) mass is 718 g/mol. The van der Waals surface area contributed by atoms with Crippen molar-refractivity contribution in [3.8, 4) is 0 Å². The van der Waals surface area contributed by atoms with Gasteiger partial charge in [-0.1, -0.05) is 0 Å². The van der Waals surface area contributed by atoms with Gasteiger partial charge in [0, 0.05) is 6.55 Å². The average Bonchev–Trinajstić information content (AvgIpc) is 2.29. The van der Waals surface area contributed by atoms with E-state index in [2.05, 4.69) is 32.9 Å². The van der Waals surface area contributed by atoms with E-state index in [9.17, 15) is 38.4 Å². The molecule has 0 amide bonds. The first-order chi connectivity index (χ1) is 15.7. The largest absolute Gasteiger partial charge is 0.665 e. The molecule has 0 bridgehead atoms.